The molecule has 0 radical (unpaired) electrons. The smallest absolute Gasteiger partial charge is 0.191 e. The second-order valence-electron chi connectivity index (χ2n) is 8.41. The van der Waals surface area contributed by atoms with E-state index in [4.69, 9.17) is 9.47 Å². The first kappa shape index (κ1) is 26.4. The lowest BCUT2D eigenvalue weighted by atomic mass is 9.89. The molecule has 0 saturated carbocycles. The zero-order chi connectivity index (χ0) is 21.0. The summed E-state index contributed by atoms with van der Waals surface area (Å²) in [4.78, 5) is 6.94. The van der Waals surface area contributed by atoms with Gasteiger partial charge in [-0.2, -0.15) is 0 Å². The van der Waals surface area contributed by atoms with Crippen molar-refractivity contribution in [3.05, 3.63) is 35.4 Å². The van der Waals surface area contributed by atoms with E-state index in [1.165, 1.54) is 24.0 Å². The zero-order valence-corrected chi connectivity index (χ0v) is 21.6. The number of halogens is 1. The summed E-state index contributed by atoms with van der Waals surface area (Å²) >= 11 is 0. The number of likely N-dealkylation sites (tertiary alicyclic amines) is 1. The Morgan fingerprint density at radius 3 is 2.71 bits per heavy atom. The van der Waals surface area contributed by atoms with Crippen LogP contribution in [0.2, 0.25) is 0 Å². The predicted octanol–water partition coefficient (Wildman–Crippen LogP) is 3.75. The van der Waals surface area contributed by atoms with Crippen molar-refractivity contribution in [2.75, 3.05) is 53.6 Å². The van der Waals surface area contributed by atoms with Gasteiger partial charge < -0.3 is 25.0 Å². The fourth-order valence-electron chi connectivity index (χ4n) is 4.51. The minimum atomic E-state index is 0. The van der Waals surface area contributed by atoms with Gasteiger partial charge in [0, 0.05) is 59.6 Å². The average Bonchev–Trinajstić information content (AvgIpc) is 2.79. The Balaban J connectivity index is 0.00000341. The summed E-state index contributed by atoms with van der Waals surface area (Å²) in [6.07, 6.45) is 8.24. The summed E-state index contributed by atoms with van der Waals surface area (Å²) in [6.45, 7) is 5.95. The second-order valence-corrected chi connectivity index (χ2v) is 8.41. The van der Waals surface area contributed by atoms with Gasteiger partial charge in [-0.05, 0) is 56.1 Å². The van der Waals surface area contributed by atoms with E-state index in [0.717, 1.165) is 77.5 Å². The van der Waals surface area contributed by atoms with Crippen LogP contribution in [0, 0.1) is 0 Å². The number of aryl methyl sites for hydroxylation is 1. The Labute approximate surface area is 205 Å². The molecule has 1 aliphatic heterocycles. The molecular formula is C24H41IN4O2. The van der Waals surface area contributed by atoms with Gasteiger partial charge in [0.2, 0.25) is 0 Å². The highest BCUT2D eigenvalue weighted by Crippen LogP contribution is 2.32. The number of guanidine groups is 1. The van der Waals surface area contributed by atoms with Crippen molar-refractivity contribution in [3.63, 3.8) is 0 Å². The van der Waals surface area contributed by atoms with Crippen LogP contribution >= 0.6 is 24.0 Å². The SMILES string of the molecule is CN=C(NCCCOC1CCCc2ccccc21)NC1CCN(CCCOC)CC1.I. The molecule has 6 nitrogen and oxygen atoms in total. The largest absolute Gasteiger partial charge is 0.385 e. The molecule has 1 aliphatic carbocycles. The van der Waals surface area contributed by atoms with E-state index >= 15 is 0 Å². The summed E-state index contributed by atoms with van der Waals surface area (Å²) in [5, 5.41) is 7.05. The van der Waals surface area contributed by atoms with Crippen LogP contribution in [0.4, 0.5) is 0 Å². The maximum Gasteiger partial charge on any atom is 0.191 e. The number of benzene rings is 1. The summed E-state index contributed by atoms with van der Waals surface area (Å²) in [7, 11) is 3.63. The maximum absolute atomic E-state index is 6.21. The Morgan fingerprint density at radius 2 is 1.94 bits per heavy atom. The molecule has 2 aliphatic rings. The van der Waals surface area contributed by atoms with Crippen LogP contribution in [-0.4, -0.2) is 70.5 Å². The molecule has 31 heavy (non-hydrogen) atoms. The minimum Gasteiger partial charge on any atom is -0.385 e. The molecule has 0 aromatic heterocycles. The molecule has 1 atom stereocenters. The van der Waals surface area contributed by atoms with E-state index in [-0.39, 0.29) is 30.1 Å². The third kappa shape index (κ3) is 8.86. The van der Waals surface area contributed by atoms with Crippen molar-refractivity contribution in [3.8, 4) is 0 Å². The Bertz CT molecular complexity index is 650. The fraction of sp³-hybridized carbons (Fsp3) is 0.708. The number of aliphatic imine (C=N–C) groups is 1. The van der Waals surface area contributed by atoms with E-state index in [9.17, 15) is 0 Å². The van der Waals surface area contributed by atoms with Gasteiger partial charge in [-0.1, -0.05) is 24.3 Å². The van der Waals surface area contributed by atoms with Gasteiger partial charge in [0.25, 0.3) is 0 Å². The van der Waals surface area contributed by atoms with Crippen LogP contribution in [0.25, 0.3) is 0 Å². The number of hydrogen-bond acceptors (Lipinski definition) is 4. The monoisotopic (exact) mass is 544 g/mol. The topological polar surface area (TPSA) is 58.1 Å². The number of nitrogens with zero attached hydrogens (tertiary/aromatic N) is 2. The molecule has 1 fully saturated rings. The lowest BCUT2D eigenvalue weighted by Crippen LogP contribution is -2.49. The van der Waals surface area contributed by atoms with Crippen LogP contribution in [-0.2, 0) is 15.9 Å². The minimum absolute atomic E-state index is 0. The maximum atomic E-state index is 6.21. The molecule has 0 bridgehead atoms. The fourth-order valence-corrected chi connectivity index (χ4v) is 4.51. The Morgan fingerprint density at radius 1 is 1.13 bits per heavy atom. The van der Waals surface area contributed by atoms with Crippen LogP contribution in [0.5, 0.6) is 0 Å². The number of rotatable bonds is 10. The van der Waals surface area contributed by atoms with Crippen molar-refractivity contribution in [1.29, 1.82) is 0 Å². The van der Waals surface area contributed by atoms with Gasteiger partial charge in [0.15, 0.2) is 5.96 Å². The highest BCUT2D eigenvalue weighted by molar-refractivity contribution is 14.0. The first-order valence-corrected chi connectivity index (χ1v) is 11.7. The van der Waals surface area contributed by atoms with Crippen LogP contribution in [0.1, 0.15) is 55.8 Å². The molecule has 3 rings (SSSR count). The molecule has 1 saturated heterocycles. The molecule has 1 heterocycles. The van der Waals surface area contributed by atoms with Gasteiger partial charge in [-0.15, -0.1) is 24.0 Å². The molecule has 1 aromatic rings. The van der Waals surface area contributed by atoms with E-state index in [0.29, 0.717) is 6.04 Å². The first-order chi connectivity index (χ1) is 14.8. The number of piperidine rings is 1. The highest BCUT2D eigenvalue weighted by Gasteiger charge is 2.21. The molecule has 176 valence electrons. The summed E-state index contributed by atoms with van der Waals surface area (Å²) in [6, 6.07) is 9.24. The number of ether oxygens (including phenoxy) is 2. The van der Waals surface area contributed by atoms with Gasteiger partial charge in [-0.3, -0.25) is 4.99 Å². The van der Waals surface area contributed by atoms with E-state index in [1.807, 2.05) is 7.05 Å². The first-order valence-electron chi connectivity index (χ1n) is 11.7. The third-order valence-electron chi connectivity index (χ3n) is 6.22. The van der Waals surface area contributed by atoms with Crippen molar-refractivity contribution in [1.82, 2.24) is 15.5 Å². The Hall–Kier alpha value is -0.900. The van der Waals surface area contributed by atoms with Crippen LogP contribution < -0.4 is 10.6 Å². The summed E-state index contributed by atoms with van der Waals surface area (Å²) in [5.41, 5.74) is 2.85. The average molecular weight is 545 g/mol. The number of methoxy groups -OCH3 is 1. The van der Waals surface area contributed by atoms with Gasteiger partial charge in [0.05, 0.1) is 6.10 Å². The number of hydrogen-bond donors (Lipinski definition) is 2. The zero-order valence-electron chi connectivity index (χ0n) is 19.3. The van der Waals surface area contributed by atoms with Gasteiger partial charge in [-0.25, -0.2) is 0 Å². The van der Waals surface area contributed by atoms with E-state index < -0.39 is 0 Å². The third-order valence-corrected chi connectivity index (χ3v) is 6.22. The van der Waals surface area contributed by atoms with Gasteiger partial charge in [0.1, 0.15) is 0 Å². The Kier molecular flexibility index (Phi) is 12.8. The van der Waals surface area contributed by atoms with Crippen molar-refractivity contribution >= 4 is 29.9 Å². The van der Waals surface area contributed by atoms with Crippen LogP contribution in [0.3, 0.4) is 0 Å². The molecule has 1 unspecified atom stereocenters. The molecule has 0 amide bonds. The highest BCUT2D eigenvalue weighted by atomic mass is 127. The number of nitrogens with one attached hydrogen (secondary N) is 2. The summed E-state index contributed by atoms with van der Waals surface area (Å²) < 4.78 is 11.4. The standard InChI is InChI=1S/C24H40N4O2.HI/c1-25-24(27-21-12-16-28(17-13-21)15-7-18-29-2)26-14-6-19-30-23-11-5-9-20-8-3-4-10-22(20)23;/h3-4,8,10,21,23H,5-7,9,11-19H2,1-2H3,(H2,25,26,27);1H. The van der Waals surface area contributed by atoms with E-state index in [1.54, 1.807) is 7.11 Å². The van der Waals surface area contributed by atoms with E-state index in [2.05, 4.69) is 44.8 Å². The van der Waals surface area contributed by atoms with Crippen molar-refractivity contribution in [2.24, 2.45) is 4.99 Å². The molecular weight excluding hydrogens is 503 g/mol. The lowest BCUT2D eigenvalue weighted by molar-refractivity contribution is 0.0398. The number of fused-ring (bicyclic) bond motifs is 1. The molecule has 2 N–H and O–H groups in total. The quantitative estimate of drug-likeness (QED) is 0.204. The van der Waals surface area contributed by atoms with Crippen LogP contribution in [0.15, 0.2) is 29.3 Å². The van der Waals surface area contributed by atoms with Crippen molar-refractivity contribution in [2.45, 2.75) is 57.1 Å². The normalized spacial score (nSPS) is 20.1. The lowest BCUT2D eigenvalue weighted by Gasteiger charge is -2.33. The molecule has 7 heteroatoms. The molecule has 0 spiro atoms. The van der Waals surface area contributed by atoms with Gasteiger partial charge >= 0.3 is 0 Å². The second kappa shape index (κ2) is 15.0. The molecule has 1 aromatic carbocycles. The van der Waals surface area contributed by atoms with Crippen molar-refractivity contribution < 1.29 is 9.47 Å². The summed E-state index contributed by atoms with van der Waals surface area (Å²) in [5.74, 6) is 0.913. The predicted molar refractivity (Wildman–Crippen MR) is 139 cm³/mol.